The second-order valence-corrected chi connectivity index (χ2v) is 2.46. The van der Waals surface area contributed by atoms with Gasteiger partial charge >= 0.3 is 0 Å². The lowest BCUT2D eigenvalue weighted by atomic mass is 9.97. The van der Waals surface area contributed by atoms with Gasteiger partial charge in [0.25, 0.3) is 0 Å². The third-order valence-electron chi connectivity index (χ3n) is 1.74. The minimum atomic E-state index is 1.04. The SMILES string of the molecule is [CH2]C[C](CC)CCCC. The summed E-state index contributed by atoms with van der Waals surface area (Å²) in [5.74, 6) is 1.62. The van der Waals surface area contributed by atoms with Gasteiger partial charge < -0.3 is 0 Å². The zero-order valence-electron chi connectivity index (χ0n) is 6.74. The molecule has 0 nitrogen and oxygen atoms in total. The summed E-state index contributed by atoms with van der Waals surface area (Å²) in [5, 5.41) is 0. The highest BCUT2D eigenvalue weighted by Gasteiger charge is 2.00. The average molecular weight is 126 g/mol. The first-order valence-electron chi connectivity index (χ1n) is 3.97. The van der Waals surface area contributed by atoms with Crippen LogP contribution in [0.4, 0.5) is 0 Å². The Morgan fingerprint density at radius 3 is 2.33 bits per heavy atom. The lowest BCUT2D eigenvalue weighted by Gasteiger charge is -2.08. The molecule has 54 valence electrons. The van der Waals surface area contributed by atoms with Crippen LogP contribution in [0.25, 0.3) is 0 Å². The molecule has 0 aliphatic rings. The standard InChI is InChI=1S/C9H18/c1-4-7-8-9(5-2)6-3/h2,4-8H2,1,3H3. The molecule has 0 heterocycles. The largest absolute Gasteiger partial charge is 0.0654 e. The van der Waals surface area contributed by atoms with Gasteiger partial charge in [-0.3, -0.25) is 0 Å². The molecule has 0 spiro atoms. The molecule has 0 aliphatic heterocycles. The van der Waals surface area contributed by atoms with E-state index in [1.54, 1.807) is 5.92 Å². The summed E-state index contributed by atoms with van der Waals surface area (Å²) < 4.78 is 0. The van der Waals surface area contributed by atoms with Gasteiger partial charge in [0, 0.05) is 0 Å². The first-order valence-corrected chi connectivity index (χ1v) is 3.97. The lowest BCUT2D eigenvalue weighted by Crippen LogP contribution is -1.92. The minimum absolute atomic E-state index is 1.04. The molecule has 0 N–H and O–H groups in total. The second-order valence-electron chi connectivity index (χ2n) is 2.46. The Labute approximate surface area is 59.7 Å². The second kappa shape index (κ2) is 6.12. The fraction of sp³-hybridized carbons (Fsp3) is 0.778. The van der Waals surface area contributed by atoms with E-state index in [2.05, 4.69) is 20.8 Å². The van der Waals surface area contributed by atoms with Crippen molar-refractivity contribution in [3.63, 3.8) is 0 Å². The number of hydrogen-bond donors (Lipinski definition) is 0. The summed E-state index contributed by atoms with van der Waals surface area (Å²) in [6.45, 7) is 8.32. The molecule has 0 fully saturated rings. The summed E-state index contributed by atoms with van der Waals surface area (Å²) in [6, 6.07) is 0. The van der Waals surface area contributed by atoms with E-state index in [9.17, 15) is 0 Å². The van der Waals surface area contributed by atoms with Gasteiger partial charge in [0.15, 0.2) is 0 Å². The van der Waals surface area contributed by atoms with E-state index in [-0.39, 0.29) is 0 Å². The van der Waals surface area contributed by atoms with Crippen molar-refractivity contribution in [1.29, 1.82) is 0 Å². The van der Waals surface area contributed by atoms with Crippen molar-refractivity contribution in [3.8, 4) is 0 Å². The van der Waals surface area contributed by atoms with Crippen molar-refractivity contribution in [2.75, 3.05) is 0 Å². The molecule has 0 saturated carbocycles. The Morgan fingerprint density at radius 2 is 2.00 bits per heavy atom. The molecule has 0 saturated heterocycles. The molecule has 0 aromatic rings. The van der Waals surface area contributed by atoms with Gasteiger partial charge in [0.1, 0.15) is 0 Å². The highest BCUT2D eigenvalue weighted by molar-refractivity contribution is 4.88. The van der Waals surface area contributed by atoms with Gasteiger partial charge in [-0.2, -0.15) is 0 Å². The Hall–Kier alpha value is 0. The van der Waals surface area contributed by atoms with Gasteiger partial charge in [-0.05, 0) is 25.2 Å². The van der Waals surface area contributed by atoms with Crippen LogP contribution in [0.5, 0.6) is 0 Å². The molecule has 0 heteroatoms. The topological polar surface area (TPSA) is 0 Å². The smallest absolute Gasteiger partial charge is 0.0244 e. The Balaban J connectivity index is 3.09. The van der Waals surface area contributed by atoms with Gasteiger partial charge in [-0.1, -0.05) is 33.6 Å². The van der Waals surface area contributed by atoms with E-state index >= 15 is 0 Å². The van der Waals surface area contributed by atoms with Crippen LogP contribution < -0.4 is 0 Å². The third kappa shape index (κ3) is 4.50. The van der Waals surface area contributed by atoms with Gasteiger partial charge in [0.05, 0.1) is 0 Å². The van der Waals surface area contributed by atoms with Crippen LogP contribution in [0.1, 0.15) is 46.0 Å². The lowest BCUT2D eigenvalue weighted by molar-refractivity contribution is 0.667. The van der Waals surface area contributed by atoms with Crippen LogP contribution in [-0.4, -0.2) is 0 Å². The summed E-state index contributed by atoms with van der Waals surface area (Å²) in [5.41, 5.74) is 0. The molecular weight excluding hydrogens is 108 g/mol. The van der Waals surface area contributed by atoms with Crippen molar-refractivity contribution in [3.05, 3.63) is 12.8 Å². The summed E-state index contributed by atoms with van der Waals surface area (Å²) in [6.07, 6.45) is 6.22. The van der Waals surface area contributed by atoms with Crippen LogP contribution in [0.2, 0.25) is 0 Å². The number of hydrogen-bond acceptors (Lipinski definition) is 0. The predicted octanol–water partition coefficient (Wildman–Crippen LogP) is 3.39. The number of rotatable bonds is 5. The summed E-state index contributed by atoms with van der Waals surface area (Å²) >= 11 is 0. The molecule has 0 aliphatic carbocycles. The maximum Gasteiger partial charge on any atom is -0.0244 e. The Kier molecular flexibility index (Phi) is 6.12. The maximum atomic E-state index is 3.87. The van der Waals surface area contributed by atoms with Gasteiger partial charge in [-0.15, -0.1) is 0 Å². The monoisotopic (exact) mass is 126 g/mol. The predicted molar refractivity (Wildman–Crippen MR) is 43.0 cm³/mol. The summed E-state index contributed by atoms with van der Waals surface area (Å²) in [4.78, 5) is 0. The normalized spacial score (nSPS) is 10.7. The van der Waals surface area contributed by atoms with E-state index in [4.69, 9.17) is 0 Å². The molecule has 0 rings (SSSR count). The molecule has 0 bridgehead atoms. The van der Waals surface area contributed by atoms with E-state index in [1.807, 2.05) is 0 Å². The van der Waals surface area contributed by atoms with Crippen molar-refractivity contribution in [1.82, 2.24) is 0 Å². The zero-order valence-corrected chi connectivity index (χ0v) is 6.74. The fourth-order valence-corrected chi connectivity index (χ4v) is 0.905. The third-order valence-corrected chi connectivity index (χ3v) is 1.74. The van der Waals surface area contributed by atoms with Crippen molar-refractivity contribution in [2.24, 2.45) is 0 Å². The van der Waals surface area contributed by atoms with Crippen molar-refractivity contribution >= 4 is 0 Å². The molecule has 0 amide bonds. The zero-order chi connectivity index (χ0) is 7.11. The van der Waals surface area contributed by atoms with Gasteiger partial charge in [0.2, 0.25) is 0 Å². The Bertz CT molecular complexity index is 44.0. The number of unbranched alkanes of at least 4 members (excludes halogenated alkanes) is 1. The highest BCUT2D eigenvalue weighted by atomic mass is 14.1. The molecule has 2 radical (unpaired) electrons. The van der Waals surface area contributed by atoms with Crippen LogP contribution in [0, 0.1) is 12.8 Å². The quantitative estimate of drug-likeness (QED) is 0.529. The van der Waals surface area contributed by atoms with Crippen LogP contribution in [0.15, 0.2) is 0 Å². The maximum absolute atomic E-state index is 3.87. The Morgan fingerprint density at radius 1 is 1.33 bits per heavy atom. The van der Waals surface area contributed by atoms with Crippen molar-refractivity contribution < 1.29 is 0 Å². The molecule has 0 atom stereocenters. The van der Waals surface area contributed by atoms with E-state index in [1.165, 1.54) is 25.7 Å². The fourth-order valence-electron chi connectivity index (χ4n) is 0.905. The molecule has 0 aromatic heterocycles. The van der Waals surface area contributed by atoms with Crippen LogP contribution in [0.3, 0.4) is 0 Å². The molecule has 0 unspecified atom stereocenters. The van der Waals surface area contributed by atoms with E-state index in [0.29, 0.717) is 0 Å². The summed E-state index contributed by atoms with van der Waals surface area (Å²) in [7, 11) is 0. The van der Waals surface area contributed by atoms with E-state index in [0.717, 1.165) is 6.42 Å². The molecule has 9 heavy (non-hydrogen) atoms. The minimum Gasteiger partial charge on any atom is -0.0654 e. The van der Waals surface area contributed by atoms with Gasteiger partial charge in [-0.25, -0.2) is 0 Å². The first kappa shape index (κ1) is 9.00. The molecular formula is C9H18. The van der Waals surface area contributed by atoms with Crippen LogP contribution in [-0.2, 0) is 0 Å². The average Bonchev–Trinajstić information content (AvgIpc) is 1.91. The molecule has 0 aromatic carbocycles. The van der Waals surface area contributed by atoms with Crippen LogP contribution >= 0.6 is 0 Å². The van der Waals surface area contributed by atoms with E-state index < -0.39 is 0 Å². The highest BCUT2D eigenvalue weighted by Crippen LogP contribution is 2.17. The van der Waals surface area contributed by atoms with Crippen molar-refractivity contribution in [2.45, 2.75) is 46.0 Å². The first-order chi connectivity index (χ1) is 4.35.